The number of benzene rings is 1. The molecule has 17 heavy (non-hydrogen) atoms. The van der Waals surface area contributed by atoms with Crippen LogP contribution in [0, 0.1) is 21.4 Å². The molecule has 0 aliphatic rings. The number of nitro benzene ring substituents is 1. The highest BCUT2D eigenvalue weighted by atomic mass is 35.5. The van der Waals surface area contributed by atoms with Crippen LogP contribution < -0.4 is 5.73 Å². The Kier molecular flexibility index (Phi) is 3.80. The van der Waals surface area contributed by atoms with Crippen LogP contribution in [0.4, 0.5) is 5.69 Å². The summed E-state index contributed by atoms with van der Waals surface area (Å²) < 4.78 is 0. The number of nitriles is 1. The second-order valence-electron chi connectivity index (χ2n) is 2.97. The van der Waals surface area contributed by atoms with E-state index in [0.717, 1.165) is 6.08 Å². The van der Waals surface area contributed by atoms with E-state index in [0.29, 0.717) is 0 Å². The summed E-state index contributed by atoms with van der Waals surface area (Å²) in [4.78, 5) is 20.9. The molecule has 86 valence electrons. The van der Waals surface area contributed by atoms with Gasteiger partial charge in [0.1, 0.15) is 16.7 Å². The lowest BCUT2D eigenvalue weighted by atomic mass is 10.1. The number of nitrogens with zero attached hydrogens (tertiary/aromatic N) is 2. The van der Waals surface area contributed by atoms with E-state index in [-0.39, 0.29) is 21.8 Å². The minimum absolute atomic E-state index is 0.0536. The van der Waals surface area contributed by atoms with Crippen molar-refractivity contribution >= 4 is 29.3 Å². The number of hydrogen-bond acceptors (Lipinski definition) is 4. The van der Waals surface area contributed by atoms with Gasteiger partial charge in [-0.05, 0) is 18.2 Å². The van der Waals surface area contributed by atoms with Crippen LogP contribution in [-0.4, -0.2) is 10.8 Å². The molecule has 2 N–H and O–H groups in total. The molecule has 0 heterocycles. The third-order valence-corrected chi connectivity index (χ3v) is 2.19. The maximum Gasteiger partial charge on any atom is 0.295 e. The van der Waals surface area contributed by atoms with Crippen molar-refractivity contribution in [3.63, 3.8) is 0 Å². The van der Waals surface area contributed by atoms with Crippen molar-refractivity contribution in [3.8, 4) is 6.07 Å². The fourth-order valence-electron chi connectivity index (χ4n) is 1.16. The number of nitro groups is 1. The number of amides is 1. The first kappa shape index (κ1) is 12.7. The summed E-state index contributed by atoms with van der Waals surface area (Å²) in [5.41, 5.74) is 4.23. The van der Waals surface area contributed by atoms with Gasteiger partial charge in [0.05, 0.1) is 10.5 Å². The predicted octanol–water partition coefficient (Wildman–Crippen LogP) is 1.64. The van der Waals surface area contributed by atoms with Crippen molar-refractivity contribution in [2.45, 2.75) is 0 Å². The second-order valence-corrected chi connectivity index (χ2v) is 3.38. The van der Waals surface area contributed by atoms with E-state index >= 15 is 0 Å². The van der Waals surface area contributed by atoms with Crippen LogP contribution in [0.1, 0.15) is 5.56 Å². The van der Waals surface area contributed by atoms with Gasteiger partial charge in [0, 0.05) is 0 Å². The first-order chi connectivity index (χ1) is 7.97. The highest BCUT2D eigenvalue weighted by Crippen LogP contribution is 2.29. The average Bonchev–Trinajstić information content (AvgIpc) is 2.24. The smallest absolute Gasteiger partial charge is 0.295 e. The third-order valence-electron chi connectivity index (χ3n) is 1.89. The minimum Gasteiger partial charge on any atom is -0.365 e. The molecule has 0 aliphatic carbocycles. The molecular formula is C10H6ClN3O3. The van der Waals surface area contributed by atoms with Crippen molar-refractivity contribution in [1.82, 2.24) is 0 Å². The Morgan fingerprint density at radius 2 is 2.24 bits per heavy atom. The van der Waals surface area contributed by atoms with Gasteiger partial charge in [-0.1, -0.05) is 17.7 Å². The van der Waals surface area contributed by atoms with E-state index in [4.69, 9.17) is 22.6 Å². The maximum absolute atomic E-state index is 10.8. The number of hydrogen-bond donors (Lipinski definition) is 1. The minimum atomic E-state index is -0.957. The summed E-state index contributed by atoms with van der Waals surface area (Å²) >= 11 is 5.66. The molecule has 0 saturated heterocycles. The summed E-state index contributed by atoms with van der Waals surface area (Å²) in [6, 6.07) is 5.73. The van der Waals surface area contributed by atoms with Crippen LogP contribution >= 0.6 is 11.6 Å². The van der Waals surface area contributed by atoms with E-state index in [1.807, 2.05) is 0 Å². The van der Waals surface area contributed by atoms with Crippen LogP contribution in [0.25, 0.3) is 6.08 Å². The summed E-state index contributed by atoms with van der Waals surface area (Å²) in [5.74, 6) is -0.957. The lowest BCUT2D eigenvalue weighted by Crippen LogP contribution is -2.12. The highest BCUT2D eigenvalue weighted by molar-refractivity contribution is 6.33. The lowest BCUT2D eigenvalue weighted by molar-refractivity contribution is -0.384. The van der Waals surface area contributed by atoms with Gasteiger partial charge in [-0.3, -0.25) is 14.9 Å². The molecular weight excluding hydrogens is 246 g/mol. The van der Waals surface area contributed by atoms with Crippen LogP contribution in [0.3, 0.4) is 0 Å². The number of halogens is 1. The Balaban J connectivity index is 3.43. The van der Waals surface area contributed by atoms with Crippen molar-refractivity contribution in [3.05, 3.63) is 44.5 Å². The number of nitrogens with two attached hydrogens (primary N) is 1. The van der Waals surface area contributed by atoms with Crippen LogP contribution in [0.5, 0.6) is 0 Å². The molecule has 1 amide bonds. The lowest BCUT2D eigenvalue weighted by Gasteiger charge is -1.99. The number of rotatable bonds is 3. The van der Waals surface area contributed by atoms with Crippen LogP contribution in [-0.2, 0) is 4.79 Å². The number of carbonyl (C=O) groups excluding carboxylic acids is 1. The van der Waals surface area contributed by atoms with Gasteiger partial charge in [0.15, 0.2) is 0 Å². The Morgan fingerprint density at radius 1 is 1.59 bits per heavy atom. The van der Waals surface area contributed by atoms with Gasteiger partial charge in [-0.25, -0.2) is 0 Å². The zero-order chi connectivity index (χ0) is 13.0. The Hall–Kier alpha value is -2.39. The fraction of sp³-hybridized carbons (Fsp3) is 0. The van der Waals surface area contributed by atoms with E-state index in [2.05, 4.69) is 0 Å². The molecule has 6 nitrogen and oxygen atoms in total. The SMILES string of the molecule is N#C/C(=C/c1cccc(Cl)c1[N+](=O)[O-])C(N)=O. The normalized spacial score (nSPS) is 10.7. The van der Waals surface area contributed by atoms with E-state index in [1.165, 1.54) is 18.2 Å². The molecule has 0 bridgehead atoms. The first-order valence-corrected chi connectivity index (χ1v) is 4.69. The monoisotopic (exact) mass is 251 g/mol. The van der Waals surface area contributed by atoms with Crippen molar-refractivity contribution in [2.24, 2.45) is 5.73 Å². The topological polar surface area (TPSA) is 110 Å². The summed E-state index contributed by atoms with van der Waals surface area (Å²) in [6.07, 6.45) is 1.03. The zero-order valence-electron chi connectivity index (χ0n) is 8.38. The molecule has 1 aromatic carbocycles. The van der Waals surface area contributed by atoms with Gasteiger partial charge in [-0.15, -0.1) is 0 Å². The standard InChI is InChI=1S/C10H6ClN3O3/c11-8-3-1-2-6(9(8)14(16)17)4-7(5-12)10(13)15/h1-4H,(H2,13,15)/b7-4-. The quantitative estimate of drug-likeness (QED) is 0.381. The van der Waals surface area contributed by atoms with Crippen LogP contribution in [0.15, 0.2) is 23.8 Å². The average molecular weight is 252 g/mol. The number of carbonyl (C=O) groups is 1. The zero-order valence-corrected chi connectivity index (χ0v) is 9.14. The van der Waals surface area contributed by atoms with Crippen molar-refractivity contribution in [2.75, 3.05) is 0 Å². The summed E-state index contributed by atoms with van der Waals surface area (Å²) in [7, 11) is 0. The van der Waals surface area contributed by atoms with E-state index in [1.54, 1.807) is 6.07 Å². The Morgan fingerprint density at radius 3 is 2.71 bits per heavy atom. The molecule has 7 heteroatoms. The summed E-state index contributed by atoms with van der Waals surface area (Å²) in [6.45, 7) is 0. The van der Waals surface area contributed by atoms with Crippen molar-refractivity contribution in [1.29, 1.82) is 5.26 Å². The molecule has 0 spiro atoms. The molecule has 0 radical (unpaired) electrons. The Labute approximate surface area is 101 Å². The largest absolute Gasteiger partial charge is 0.365 e. The third kappa shape index (κ3) is 2.80. The molecule has 1 aromatic rings. The highest BCUT2D eigenvalue weighted by Gasteiger charge is 2.18. The second kappa shape index (κ2) is 5.09. The predicted molar refractivity (Wildman–Crippen MR) is 60.9 cm³/mol. The fourth-order valence-corrected chi connectivity index (χ4v) is 1.41. The van der Waals surface area contributed by atoms with Crippen LogP contribution in [0.2, 0.25) is 5.02 Å². The molecule has 1 rings (SSSR count). The van der Waals surface area contributed by atoms with E-state index < -0.39 is 10.8 Å². The first-order valence-electron chi connectivity index (χ1n) is 4.32. The number of primary amides is 1. The molecule has 0 aromatic heterocycles. The number of para-hydroxylation sites is 1. The van der Waals surface area contributed by atoms with E-state index in [9.17, 15) is 14.9 Å². The molecule has 0 unspecified atom stereocenters. The van der Waals surface area contributed by atoms with Crippen molar-refractivity contribution < 1.29 is 9.72 Å². The molecule has 0 fully saturated rings. The van der Waals surface area contributed by atoms with Gasteiger partial charge in [0.25, 0.3) is 11.6 Å². The van der Waals surface area contributed by atoms with Gasteiger partial charge < -0.3 is 5.73 Å². The summed E-state index contributed by atoms with van der Waals surface area (Å²) in [5, 5.41) is 19.3. The molecule has 0 saturated carbocycles. The molecule has 0 atom stereocenters. The maximum atomic E-state index is 10.8. The van der Waals surface area contributed by atoms with Gasteiger partial charge in [-0.2, -0.15) is 5.26 Å². The molecule has 0 aliphatic heterocycles. The van der Waals surface area contributed by atoms with Gasteiger partial charge in [0.2, 0.25) is 0 Å². The Bertz CT molecular complexity index is 560. The van der Waals surface area contributed by atoms with Gasteiger partial charge >= 0.3 is 0 Å².